The van der Waals surface area contributed by atoms with Crippen LogP contribution in [0.5, 0.6) is 0 Å². The maximum atomic E-state index is 12.8. The van der Waals surface area contributed by atoms with Crippen LogP contribution in [0.1, 0.15) is 5.56 Å². The topological polar surface area (TPSA) is 85.4 Å². The molecule has 1 saturated heterocycles. The van der Waals surface area contributed by atoms with Crippen LogP contribution in [0.25, 0.3) is 0 Å². The predicted molar refractivity (Wildman–Crippen MR) is 93.9 cm³/mol. The van der Waals surface area contributed by atoms with E-state index in [4.69, 9.17) is 5.73 Å². The lowest BCUT2D eigenvalue weighted by Gasteiger charge is -2.34. The number of amides is 1. The van der Waals surface area contributed by atoms with Gasteiger partial charge in [-0.1, -0.05) is 12.1 Å². The van der Waals surface area contributed by atoms with Crippen LogP contribution in [-0.2, 0) is 11.2 Å². The molecule has 1 aliphatic rings. The highest BCUT2D eigenvalue weighted by atomic mass is 19.1. The highest BCUT2D eigenvalue weighted by Crippen LogP contribution is 2.07. The fraction of sp³-hybridized carbons (Fsp3) is 0.444. The van der Waals surface area contributed by atoms with E-state index < -0.39 is 0 Å². The van der Waals surface area contributed by atoms with Crippen molar-refractivity contribution in [3.63, 3.8) is 0 Å². The normalized spacial score (nSPS) is 15.7. The first-order chi connectivity index (χ1) is 12.1. The summed E-state index contributed by atoms with van der Waals surface area (Å²) in [5.74, 6) is -0.510. The molecule has 2 rings (SSSR count). The molecule has 0 spiro atoms. The number of benzene rings is 1. The van der Waals surface area contributed by atoms with E-state index in [-0.39, 0.29) is 17.3 Å². The Morgan fingerprint density at radius 3 is 2.56 bits per heavy atom. The Hall–Kier alpha value is -2.43. The largest absolute Gasteiger partial charge is 0.389 e. The molecule has 1 aliphatic heterocycles. The van der Waals surface area contributed by atoms with Crippen LogP contribution < -0.4 is 11.1 Å². The minimum absolute atomic E-state index is 0.103. The standard InChI is InChI=1S/C18H24FN5O/c19-17-3-1-15(2-4-17)5-7-22-14-16(13-21)18(25)24-11-9-23(8-6-20)10-12-24/h1-4,14,22H,5-12,20H2/b16-14-. The summed E-state index contributed by atoms with van der Waals surface area (Å²) < 4.78 is 12.8. The molecule has 1 amide bonds. The van der Waals surface area contributed by atoms with Gasteiger partial charge in [0.1, 0.15) is 17.5 Å². The Bertz CT molecular complexity index is 630. The Morgan fingerprint density at radius 2 is 1.96 bits per heavy atom. The van der Waals surface area contributed by atoms with Crippen LogP contribution in [0.2, 0.25) is 0 Å². The van der Waals surface area contributed by atoms with Gasteiger partial charge in [0.25, 0.3) is 5.91 Å². The number of nitriles is 1. The lowest BCUT2D eigenvalue weighted by atomic mass is 10.1. The van der Waals surface area contributed by atoms with Crippen molar-refractivity contribution in [1.82, 2.24) is 15.1 Å². The van der Waals surface area contributed by atoms with Gasteiger partial charge in [0.05, 0.1) is 0 Å². The van der Waals surface area contributed by atoms with Gasteiger partial charge in [-0.15, -0.1) is 0 Å². The molecule has 0 aliphatic carbocycles. The first kappa shape index (κ1) is 18.9. The summed E-state index contributed by atoms with van der Waals surface area (Å²) in [5, 5.41) is 12.2. The Morgan fingerprint density at radius 1 is 1.28 bits per heavy atom. The molecule has 1 aromatic carbocycles. The molecule has 1 fully saturated rings. The first-order valence-electron chi connectivity index (χ1n) is 8.44. The molecule has 3 N–H and O–H groups in total. The van der Waals surface area contributed by atoms with E-state index in [1.807, 2.05) is 6.07 Å². The molecule has 0 aromatic heterocycles. The van der Waals surface area contributed by atoms with Crippen molar-refractivity contribution in [2.75, 3.05) is 45.8 Å². The molecule has 0 saturated carbocycles. The average molecular weight is 345 g/mol. The zero-order chi connectivity index (χ0) is 18.1. The monoisotopic (exact) mass is 345 g/mol. The second-order valence-electron chi connectivity index (χ2n) is 5.92. The quantitative estimate of drug-likeness (QED) is 0.426. The lowest BCUT2D eigenvalue weighted by Crippen LogP contribution is -2.50. The average Bonchev–Trinajstić information content (AvgIpc) is 2.64. The number of nitrogens with two attached hydrogens (primary N) is 1. The number of hydrogen-bond acceptors (Lipinski definition) is 5. The van der Waals surface area contributed by atoms with Gasteiger partial charge in [0, 0.05) is 52.0 Å². The van der Waals surface area contributed by atoms with Crippen molar-refractivity contribution >= 4 is 5.91 Å². The summed E-state index contributed by atoms with van der Waals surface area (Å²) in [6.07, 6.45) is 2.15. The third-order valence-electron chi connectivity index (χ3n) is 4.17. The number of hydrogen-bond donors (Lipinski definition) is 2. The molecule has 25 heavy (non-hydrogen) atoms. The van der Waals surface area contributed by atoms with Gasteiger partial charge < -0.3 is 16.0 Å². The van der Waals surface area contributed by atoms with Crippen molar-refractivity contribution in [2.45, 2.75) is 6.42 Å². The predicted octanol–water partition coefficient (Wildman–Crippen LogP) is 0.468. The van der Waals surface area contributed by atoms with Gasteiger partial charge in [-0.2, -0.15) is 5.26 Å². The van der Waals surface area contributed by atoms with Gasteiger partial charge in [-0.05, 0) is 24.1 Å². The summed E-state index contributed by atoms with van der Waals surface area (Å²) in [4.78, 5) is 16.3. The van der Waals surface area contributed by atoms with Crippen molar-refractivity contribution in [3.8, 4) is 6.07 Å². The van der Waals surface area contributed by atoms with Crippen LogP contribution in [0.4, 0.5) is 4.39 Å². The summed E-state index contributed by atoms with van der Waals surface area (Å²) in [6.45, 7) is 4.76. The number of nitrogens with one attached hydrogen (secondary N) is 1. The van der Waals surface area contributed by atoms with Crippen molar-refractivity contribution < 1.29 is 9.18 Å². The van der Waals surface area contributed by atoms with E-state index in [1.54, 1.807) is 17.0 Å². The zero-order valence-electron chi connectivity index (χ0n) is 14.2. The van der Waals surface area contributed by atoms with Crippen LogP contribution in [0.3, 0.4) is 0 Å². The van der Waals surface area contributed by atoms with Crippen molar-refractivity contribution in [1.29, 1.82) is 5.26 Å². The number of nitrogens with zero attached hydrogens (tertiary/aromatic N) is 3. The van der Waals surface area contributed by atoms with Gasteiger partial charge in [-0.3, -0.25) is 9.69 Å². The molecule has 0 radical (unpaired) electrons. The van der Waals surface area contributed by atoms with E-state index in [0.29, 0.717) is 32.6 Å². The molecule has 0 atom stereocenters. The van der Waals surface area contributed by atoms with E-state index >= 15 is 0 Å². The molecule has 1 heterocycles. The fourth-order valence-corrected chi connectivity index (χ4v) is 2.71. The van der Waals surface area contributed by atoms with Gasteiger partial charge in [0.15, 0.2) is 0 Å². The molecule has 1 aromatic rings. The smallest absolute Gasteiger partial charge is 0.266 e. The van der Waals surface area contributed by atoms with Crippen molar-refractivity contribution in [3.05, 3.63) is 47.4 Å². The number of carbonyl (C=O) groups excluding carboxylic acids is 1. The molecular weight excluding hydrogens is 321 g/mol. The fourth-order valence-electron chi connectivity index (χ4n) is 2.71. The second-order valence-corrected chi connectivity index (χ2v) is 5.92. The molecule has 6 nitrogen and oxygen atoms in total. The van der Waals surface area contributed by atoms with Gasteiger partial charge in [-0.25, -0.2) is 4.39 Å². The first-order valence-corrected chi connectivity index (χ1v) is 8.44. The zero-order valence-corrected chi connectivity index (χ0v) is 14.2. The Balaban J connectivity index is 1.80. The van der Waals surface area contributed by atoms with E-state index in [2.05, 4.69) is 10.2 Å². The number of halogens is 1. The summed E-state index contributed by atoms with van der Waals surface area (Å²) in [7, 11) is 0. The maximum Gasteiger partial charge on any atom is 0.266 e. The van der Waals surface area contributed by atoms with Crippen LogP contribution in [0, 0.1) is 17.1 Å². The van der Waals surface area contributed by atoms with Gasteiger partial charge >= 0.3 is 0 Å². The van der Waals surface area contributed by atoms with E-state index in [1.165, 1.54) is 18.3 Å². The van der Waals surface area contributed by atoms with Crippen molar-refractivity contribution in [2.24, 2.45) is 5.73 Å². The van der Waals surface area contributed by atoms with E-state index in [0.717, 1.165) is 25.2 Å². The summed E-state index contributed by atoms with van der Waals surface area (Å²) >= 11 is 0. The van der Waals surface area contributed by atoms with Crippen LogP contribution >= 0.6 is 0 Å². The Kier molecular flexibility index (Phi) is 7.38. The molecule has 7 heteroatoms. The third kappa shape index (κ3) is 5.85. The third-order valence-corrected chi connectivity index (χ3v) is 4.17. The number of rotatable bonds is 7. The van der Waals surface area contributed by atoms with E-state index in [9.17, 15) is 14.4 Å². The summed E-state index contributed by atoms with van der Waals surface area (Å²) in [6, 6.07) is 8.24. The minimum atomic E-state index is -0.263. The number of carbonyl (C=O) groups is 1. The van der Waals surface area contributed by atoms with Crippen LogP contribution in [0.15, 0.2) is 36.0 Å². The van der Waals surface area contributed by atoms with Crippen LogP contribution in [-0.4, -0.2) is 61.5 Å². The molecule has 0 unspecified atom stereocenters. The second kappa shape index (κ2) is 9.77. The highest BCUT2D eigenvalue weighted by molar-refractivity contribution is 5.97. The highest BCUT2D eigenvalue weighted by Gasteiger charge is 2.23. The summed E-state index contributed by atoms with van der Waals surface area (Å²) in [5.41, 5.74) is 6.63. The Labute approximate surface area is 147 Å². The SMILES string of the molecule is N#C/C(=C/NCCc1ccc(F)cc1)C(=O)N1CCN(CCN)CC1. The lowest BCUT2D eigenvalue weighted by molar-refractivity contribution is -0.128. The molecular formula is C18H24FN5O. The molecule has 134 valence electrons. The van der Waals surface area contributed by atoms with Gasteiger partial charge in [0.2, 0.25) is 0 Å². The number of piperazine rings is 1. The molecule has 0 bridgehead atoms. The minimum Gasteiger partial charge on any atom is -0.389 e. The maximum absolute atomic E-state index is 12.8.